The van der Waals surface area contributed by atoms with Gasteiger partial charge in [-0.1, -0.05) is 65.8 Å². The smallest absolute Gasteiger partial charge is 0.325 e. The number of fused-ring (bicyclic) bond motifs is 1. The molecule has 7 heteroatoms. The predicted molar refractivity (Wildman–Crippen MR) is 115 cm³/mol. The van der Waals surface area contributed by atoms with Gasteiger partial charge in [-0.15, -0.1) is 0 Å². The molecule has 1 unspecified atom stereocenters. The number of hydrogen-bond acceptors (Lipinski definition) is 5. The van der Waals surface area contributed by atoms with Crippen molar-refractivity contribution in [3.8, 4) is 11.4 Å². The van der Waals surface area contributed by atoms with E-state index in [-0.39, 0.29) is 18.3 Å². The Kier molecular flexibility index (Phi) is 4.32. The first-order valence-corrected chi connectivity index (χ1v) is 9.98. The zero-order valence-electron chi connectivity index (χ0n) is 17.1. The van der Waals surface area contributed by atoms with Gasteiger partial charge in [0.2, 0.25) is 11.7 Å². The lowest BCUT2D eigenvalue weighted by Gasteiger charge is -2.22. The van der Waals surface area contributed by atoms with Crippen molar-refractivity contribution in [1.29, 1.82) is 0 Å². The first kappa shape index (κ1) is 19.0. The van der Waals surface area contributed by atoms with Crippen molar-refractivity contribution in [2.24, 2.45) is 0 Å². The molecule has 2 heterocycles. The maximum absolute atomic E-state index is 13.3. The Morgan fingerprint density at radius 2 is 1.74 bits per heavy atom. The average Bonchev–Trinajstić information content (AvgIpc) is 3.33. The van der Waals surface area contributed by atoms with E-state index < -0.39 is 11.6 Å². The van der Waals surface area contributed by atoms with E-state index in [2.05, 4.69) is 15.5 Å². The molecular weight excluding hydrogens is 392 g/mol. The number of hydrogen-bond donors (Lipinski definition) is 1. The number of carbonyl (C=O) groups excluding carboxylic acids is 2. The van der Waals surface area contributed by atoms with Crippen LogP contribution in [0.2, 0.25) is 0 Å². The molecule has 4 aromatic rings. The molecule has 5 rings (SSSR count). The molecule has 3 aromatic carbocycles. The second-order valence-corrected chi connectivity index (χ2v) is 7.84. The minimum absolute atomic E-state index is 0.0906. The van der Waals surface area contributed by atoms with Crippen molar-refractivity contribution in [2.75, 3.05) is 0 Å². The van der Waals surface area contributed by atoms with Crippen LogP contribution in [0.4, 0.5) is 4.79 Å². The number of amides is 3. The summed E-state index contributed by atoms with van der Waals surface area (Å²) in [6.45, 7) is 3.58. The van der Waals surface area contributed by atoms with Crippen LogP contribution < -0.4 is 5.32 Å². The van der Waals surface area contributed by atoms with Gasteiger partial charge in [-0.3, -0.25) is 9.69 Å². The molecule has 0 radical (unpaired) electrons. The number of imide groups is 1. The molecule has 1 saturated heterocycles. The SMILES string of the molecule is Cc1ccccc1-c1noc(CN2C(=O)NC(C)(c3ccc4ccccc4c3)C2=O)n1. The first-order valence-electron chi connectivity index (χ1n) is 9.98. The number of rotatable bonds is 4. The molecule has 1 atom stereocenters. The van der Waals surface area contributed by atoms with Crippen molar-refractivity contribution in [3.05, 3.63) is 83.7 Å². The molecule has 3 amide bonds. The number of urea groups is 1. The van der Waals surface area contributed by atoms with Gasteiger partial charge < -0.3 is 9.84 Å². The molecular formula is C24H20N4O3. The maximum atomic E-state index is 13.3. The van der Waals surface area contributed by atoms with Gasteiger partial charge in [0.05, 0.1) is 0 Å². The topological polar surface area (TPSA) is 88.3 Å². The third-order valence-corrected chi connectivity index (χ3v) is 5.75. The number of nitrogens with zero attached hydrogens (tertiary/aromatic N) is 3. The average molecular weight is 412 g/mol. The second kappa shape index (κ2) is 7.05. The van der Waals surface area contributed by atoms with E-state index in [4.69, 9.17) is 4.52 Å². The fourth-order valence-electron chi connectivity index (χ4n) is 3.92. The lowest BCUT2D eigenvalue weighted by Crippen LogP contribution is -2.40. The van der Waals surface area contributed by atoms with Gasteiger partial charge in [-0.05, 0) is 41.8 Å². The number of benzene rings is 3. The molecule has 154 valence electrons. The van der Waals surface area contributed by atoms with Crippen molar-refractivity contribution < 1.29 is 14.1 Å². The largest absolute Gasteiger partial charge is 0.337 e. The number of aromatic nitrogens is 2. The van der Waals surface area contributed by atoms with E-state index in [1.165, 1.54) is 0 Å². The normalized spacial score (nSPS) is 18.6. The second-order valence-electron chi connectivity index (χ2n) is 7.84. The Morgan fingerprint density at radius 1 is 1.00 bits per heavy atom. The summed E-state index contributed by atoms with van der Waals surface area (Å²) in [5, 5.41) is 8.91. The van der Waals surface area contributed by atoms with E-state index in [0.717, 1.165) is 32.4 Å². The minimum atomic E-state index is -1.17. The fraction of sp³-hybridized carbons (Fsp3) is 0.167. The molecule has 1 aromatic heterocycles. The molecule has 1 aliphatic heterocycles. The summed E-state index contributed by atoms with van der Waals surface area (Å²) >= 11 is 0. The highest BCUT2D eigenvalue weighted by atomic mass is 16.5. The standard InChI is InChI=1S/C24H20N4O3/c1-15-7-3-6-10-19(15)21-25-20(31-27-21)14-28-22(29)24(2,26-23(28)30)18-12-11-16-8-4-5-9-17(16)13-18/h3-13H,14H2,1-2H3,(H,26,30). The van der Waals surface area contributed by atoms with Crippen LogP contribution in [0.1, 0.15) is 23.9 Å². The third-order valence-electron chi connectivity index (χ3n) is 5.75. The lowest BCUT2D eigenvalue weighted by atomic mass is 9.90. The van der Waals surface area contributed by atoms with Crippen LogP contribution in [0.15, 0.2) is 71.3 Å². The van der Waals surface area contributed by atoms with Crippen LogP contribution in [0.25, 0.3) is 22.2 Å². The lowest BCUT2D eigenvalue weighted by molar-refractivity contribution is -0.131. The van der Waals surface area contributed by atoms with E-state index in [1.54, 1.807) is 6.92 Å². The molecule has 0 bridgehead atoms. The van der Waals surface area contributed by atoms with Gasteiger partial charge in [-0.25, -0.2) is 4.79 Å². The number of aryl methyl sites for hydroxylation is 1. The first-order chi connectivity index (χ1) is 15.0. The van der Waals surface area contributed by atoms with Crippen LogP contribution in [-0.4, -0.2) is 27.0 Å². The maximum Gasteiger partial charge on any atom is 0.325 e. The Bertz CT molecular complexity index is 1330. The molecule has 0 aliphatic carbocycles. The van der Waals surface area contributed by atoms with Crippen molar-refractivity contribution >= 4 is 22.7 Å². The zero-order chi connectivity index (χ0) is 21.6. The quantitative estimate of drug-likeness (QED) is 0.509. The van der Waals surface area contributed by atoms with Gasteiger partial charge in [-0.2, -0.15) is 4.98 Å². The van der Waals surface area contributed by atoms with Gasteiger partial charge in [0, 0.05) is 5.56 Å². The van der Waals surface area contributed by atoms with E-state index in [9.17, 15) is 9.59 Å². The van der Waals surface area contributed by atoms with Crippen LogP contribution in [0.3, 0.4) is 0 Å². The number of nitrogens with one attached hydrogen (secondary N) is 1. The van der Waals surface area contributed by atoms with Gasteiger partial charge in [0.15, 0.2) is 0 Å². The summed E-state index contributed by atoms with van der Waals surface area (Å²) in [6.07, 6.45) is 0. The summed E-state index contributed by atoms with van der Waals surface area (Å²) in [5.74, 6) is 0.269. The molecule has 0 spiro atoms. The van der Waals surface area contributed by atoms with Gasteiger partial charge >= 0.3 is 6.03 Å². The van der Waals surface area contributed by atoms with Gasteiger partial charge in [0.25, 0.3) is 5.91 Å². The minimum Gasteiger partial charge on any atom is -0.337 e. The summed E-state index contributed by atoms with van der Waals surface area (Å²) in [7, 11) is 0. The number of carbonyl (C=O) groups is 2. The van der Waals surface area contributed by atoms with Crippen molar-refractivity contribution in [2.45, 2.75) is 25.9 Å². The highest BCUT2D eigenvalue weighted by molar-refractivity contribution is 6.07. The third kappa shape index (κ3) is 3.15. The molecule has 1 aliphatic rings. The molecule has 7 nitrogen and oxygen atoms in total. The van der Waals surface area contributed by atoms with E-state index in [0.29, 0.717) is 5.82 Å². The van der Waals surface area contributed by atoms with E-state index in [1.807, 2.05) is 73.7 Å². The Hall–Kier alpha value is -4.00. The molecule has 0 saturated carbocycles. The Labute approximate surface area is 178 Å². The molecule has 31 heavy (non-hydrogen) atoms. The molecule has 1 N–H and O–H groups in total. The highest BCUT2D eigenvalue weighted by Gasteiger charge is 2.49. The van der Waals surface area contributed by atoms with Crippen molar-refractivity contribution in [3.63, 3.8) is 0 Å². The van der Waals surface area contributed by atoms with Crippen LogP contribution in [0.5, 0.6) is 0 Å². The summed E-state index contributed by atoms with van der Waals surface area (Å²) in [6, 6.07) is 20.8. The van der Waals surface area contributed by atoms with Crippen LogP contribution >= 0.6 is 0 Å². The summed E-state index contributed by atoms with van der Waals surface area (Å²) in [5.41, 5.74) is 1.41. The summed E-state index contributed by atoms with van der Waals surface area (Å²) < 4.78 is 5.33. The predicted octanol–water partition coefficient (Wildman–Crippen LogP) is 4.17. The monoisotopic (exact) mass is 412 g/mol. The summed E-state index contributed by atoms with van der Waals surface area (Å²) in [4.78, 5) is 31.4. The Morgan fingerprint density at radius 3 is 2.55 bits per heavy atom. The van der Waals surface area contributed by atoms with Crippen LogP contribution in [0, 0.1) is 6.92 Å². The van der Waals surface area contributed by atoms with Gasteiger partial charge in [0.1, 0.15) is 12.1 Å². The molecule has 1 fully saturated rings. The zero-order valence-corrected chi connectivity index (χ0v) is 17.1. The van der Waals surface area contributed by atoms with Crippen LogP contribution in [-0.2, 0) is 16.9 Å². The van der Waals surface area contributed by atoms with Crippen molar-refractivity contribution in [1.82, 2.24) is 20.4 Å². The highest BCUT2D eigenvalue weighted by Crippen LogP contribution is 2.32. The fourth-order valence-corrected chi connectivity index (χ4v) is 3.92. The van der Waals surface area contributed by atoms with E-state index >= 15 is 0 Å². The Balaban J connectivity index is 1.42.